The van der Waals surface area contributed by atoms with Crippen molar-refractivity contribution in [3.63, 3.8) is 0 Å². The Bertz CT molecular complexity index is 300. The highest BCUT2D eigenvalue weighted by Gasteiger charge is 2.04. The van der Waals surface area contributed by atoms with Gasteiger partial charge < -0.3 is 19.5 Å². The lowest BCUT2D eigenvalue weighted by atomic mass is 10.0. The lowest BCUT2D eigenvalue weighted by molar-refractivity contribution is -0.0201. The average Bonchev–Trinajstić information content (AvgIpc) is 2.70. The zero-order chi connectivity index (χ0) is 21.4. The molecular formula is C25H53NO3. The van der Waals surface area contributed by atoms with E-state index < -0.39 is 6.10 Å². The Morgan fingerprint density at radius 3 is 1.38 bits per heavy atom. The van der Waals surface area contributed by atoms with Crippen molar-refractivity contribution in [1.29, 1.82) is 0 Å². The molecule has 29 heavy (non-hydrogen) atoms. The molecule has 0 aromatic rings. The molecule has 0 heterocycles. The summed E-state index contributed by atoms with van der Waals surface area (Å²) in [6, 6.07) is 0. The molecular weight excluding hydrogens is 362 g/mol. The fourth-order valence-corrected chi connectivity index (χ4v) is 3.52. The van der Waals surface area contributed by atoms with Crippen molar-refractivity contribution in [2.75, 3.05) is 47.1 Å². The van der Waals surface area contributed by atoms with Gasteiger partial charge in [0.2, 0.25) is 0 Å². The molecule has 0 fully saturated rings. The van der Waals surface area contributed by atoms with Crippen LogP contribution in [-0.4, -0.2) is 63.2 Å². The van der Waals surface area contributed by atoms with Crippen molar-refractivity contribution in [2.24, 2.45) is 0 Å². The Balaban J connectivity index is 3.12. The molecule has 0 amide bonds. The zero-order valence-corrected chi connectivity index (χ0v) is 20.1. The second kappa shape index (κ2) is 24.1. The van der Waals surface area contributed by atoms with Gasteiger partial charge in [-0.05, 0) is 39.9 Å². The third-order valence-electron chi connectivity index (χ3n) is 5.41. The maximum atomic E-state index is 9.85. The van der Waals surface area contributed by atoms with Gasteiger partial charge in [0.1, 0.15) is 6.10 Å². The maximum Gasteiger partial charge on any atom is 0.101 e. The van der Waals surface area contributed by atoms with Gasteiger partial charge in [-0.1, -0.05) is 90.4 Å². The van der Waals surface area contributed by atoms with E-state index in [1.54, 1.807) is 0 Å². The van der Waals surface area contributed by atoms with E-state index in [0.717, 1.165) is 39.0 Å². The molecule has 1 unspecified atom stereocenters. The Morgan fingerprint density at radius 2 is 0.966 bits per heavy atom. The topological polar surface area (TPSA) is 41.9 Å². The van der Waals surface area contributed by atoms with Gasteiger partial charge in [-0.15, -0.1) is 0 Å². The van der Waals surface area contributed by atoms with E-state index in [9.17, 15) is 5.11 Å². The van der Waals surface area contributed by atoms with E-state index in [-0.39, 0.29) is 0 Å². The maximum absolute atomic E-state index is 9.85. The summed E-state index contributed by atoms with van der Waals surface area (Å²) in [6.07, 6.45) is 20.9. The number of nitrogens with zero attached hydrogens (tertiary/aromatic N) is 1. The largest absolute Gasteiger partial charge is 0.388 e. The summed E-state index contributed by atoms with van der Waals surface area (Å²) in [5.41, 5.74) is 0. The molecule has 1 N–H and O–H groups in total. The Hall–Kier alpha value is -0.160. The van der Waals surface area contributed by atoms with Crippen LogP contribution in [0.25, 0.3) is 0 Å². The highest BCUT2D eigenvalue weighted by Crippen LogP contribution is 2.12. The predicted molar refractivity (Wildman–Crippen MR) is 126 cm³/mol. The molecule has 0 radical (unpaired) electrons. The molecule has 4 heteroatoms. The molecule has 0 aromatic carbocycles. The van der Waals surface area contributed by atoms with Crippen LogP contribution in [0.3, 0.4) is 0 Å². The molecule has 0 rings (SSSR count). The standard InChI is InChI=1S/C25H53NO3/c1-4-5-6-7-8-9-10-11-12-13-14-15-16-18-21-28-23-25(27)24-29-22-19-17-20-26(2)3/h25,27H,4-24H2,1-3H3. The minimum atomic E-state index is -0.490. The number of aliphatic hydroxyl groups excluding tert-OH is 1. The number of rotatable bonds is 24. The highest BCUT2D eigenvalue weighted by atomic mass is 16.5. The number of ether oxygens (including phenoxy) is 2. The first kappa shape index (κ1) is 28.8. The van der Waals surface area contributed by atoms with Gasteiger partial charge in [0.15, 0.2) is 0 Å². The van der Waals surface area contributed by atoms with Crippen molar-refractivity contribution >= 4 is 0 Å². The molecule has 0 saturated carbocycles. The lowest BCUT2D eigenvalue weighted by Crippen LogP contribution is -2.22. The van der Waals surface area contributed by atoms with Crippen LogP contribution < -0.4 is 0 Å². The van der Waals surface area contributed by atoms with Crippen LogP contribution in [0.2, 0.25) is 0 Å². The summed E-state index contributed by atoms with van der Waals surface area (Å²) < 4.78 is 11.1. The Morgan fingerprint density at radius 1 is 0.586 bits per heavy atom. The SMILES string of the molecule is CCCCCCCCCCCCCCCCOCC(O)COCCCCN(C)C. The molecule has 0 aliphatic carbocycles. The van der Waals surface area contributed by atoms with E-state index in [4.69, 9.17) is 9.47 Å². The van der Waals surface area contributed by atoms with Crippen LogP contribution >= 0.6 is 0 Å². The molecule has 1 atom stereocenters. The predicted octanol–water partition coefficient (Wildman–Crippen LogP) is 6.20. The van der Waals surface area contributed by atoms with Gasteiger partial charge in [-0.3, -0.25) is 0 Å². The van der Waals surface area contributed by atoms with E-state index >= 15 is 0 Å². The third-order valence-corrected chi connectivity index (χ3v) is 5.41. The fraction of sp³-hybridized carbons (Fsp3) is 1.00. The van der Waals surface area contributed by atoms with Gasteiger partial charge in [0.25, 0.3) is 0 Å². The minimum Gasteiger partial charge on any atom is -0.388 e. The van der Waals surface area contributed by atoms with E-state index in [1.165, 1.54) is 83.5 Å². The van der Waals surface area contributed by atoms with Crippen molar-refractivity contribution in [2.45, 2.75) is 116 Å². The first-order chi connectivity index (χ1) is 14.2. The monoisotopic (exact) mass is 415 g/mol. The molecule has 0 aliphatic rings. The minimum absolute atomic E-state index is 0.390. The number of aliphatic hydroxyl groups is 1. The highest BCUT2D eigenvalue weighted by molar-refractivity contribution is 4.53. The normalized spacial score (nSPS) is 12.7. The van der Waals surface area contributed by atoms with Crippen LogP contribution in [0.5, 0.6) is 0 Å². The summed E-state index contributed by atoms with van der Waals surface area (Å²) in [6.45, 7) is 5.65. The molecule has 4 nitrogen and oxygen atoms in total. The van der Waals surface area contributed by atoms with Gasteiger partial charge in [-0.2, -0.15) is 0 Å². The van der Waals surface area contributed by atoms with Crippen molar-refractivity contribution in [3.8, 4) is 0 Å². The quantitative estimate of drug-likeness (QED) is 0.190. The Kier molecular flexibility index (Phi) is 24.0. The summed E-state index contributed by atoms with van der Waals surface area (Å²) in [5, 5.41) is 9.85. The number of hydrogen-bond donors (Lipinski definition) is 1. The molecule has 0 spiro atoms. The van der Waals surface area contributed by atoms with Gasteiger partial charge in [0, 0.05) is 13.2 Å². The van der Waals surface area contributed by atoms with Crippen LogP contribution in [-0.2, 0) is 9.47 Å². The van der Waals surface area contributed by atoms with E-state index in [0.29, 0.717) is 13.2 Å². The van der Waals surface area contributed by atoms with Crippen LogP contribution in [0.15, 0.2) is 0 Å². The average molecular weight is 416 g/mol. The van der Waals surface area contributed by atoms with Crippen LogP contribution in [0.4, 0.5) is 0 Å². The van der Waals surface area contributed by atoms with Crippen LogP contribution in [0.1, 0.15) is 110 Å². The third kappa shape index (κ3) is 25.8. The smallest absolute Gasteiger partial charge is 0.101 e. The summed E-state index contributed by atoms with van der Waals surface area (Å²) in [5.74, 6) is 0. The Labute approximate surface area is 182 Å². The summed E-state index contributed by atoms with van der Waals surface area (Å²) in [4.78, 5) is 2.18. The second-order valence-electron chi connectivity index (χ2n) is 8.91. The number of unbranched alkanes of at least 4 members (excludes halogenated alkanes) is 14. The van der Waals surface area contributed by atoms with Crippen molar-refractivity contribution < 1.29 is 14.6 Å². The first-order valence-corrected chi connectivity index (χ1v) is 12.6. The summed E-state index contributed by atoms with van der Waals surface area (Å²) in [7, 11) is 4.17. The first-order valence-electron chi connectivity index (χ1n) is 12.6. The molecule has 0 aliphatic heterocycles. The second-order valence-corrected chi connectivity index (χ2v) is 8.91. The van der Waals surface area contributed by atoms with Gasteiger partial charge in [0.05, 0.1) is 13.2 Å². The fourth-order valence-electron chi connectivity index (χ4n) is 3.52. The van der Waals surface area contributed by atoms with Gasteiger partial charge in [-0.25, -0.2) is 0 Å². The molecule has 0 aromatic heterocycles. The van der Waals surface area contributed by atoms with Crippen molar-refractivity contribution in [3.05, 3.63) is 0 Å². The van der Waals surface area contributed by atoms with Gasteiger partial charge >= 0.3 is 0 Å². The van der Waals surface area contributed by atoms with E-state index in [2.05, 4.69) is 25.9 Å². The zero-order valence-electron chi connectivity index (χ0n) is 20.1. The molecule has 176 valence electrons. The summed E-state index contributed by atoms with van der Waals surface area (Å²) >= 11 is 0. The van der Waals surface area contributed by atoms with Crippen LogP contribution in [0, 0.1) is 0 Å². The van der Waals surface area contributed by atoms with E-state index in [1.807, 2.05) is 0 Å². The molecule has 0 saturated heterocycles. The number of hydrogen-bond acceptors (Lipinski definition) is 4. The lowest BCUT2D eigenvalue weighted by Gasteiger charge is -2.12. The molecule has 0 bridgehead atoms. The van der Waals surface area contributed by atoms with Crippen molar-refractivity contribution in [1.82, 2.24) is 4.90 Å².